The number of ether oxygens (including phenoxy) is 3. The van der Waals surface area contributed by atoms with E-state index in [0.29, 0.717) is 31.7 Å². The van der Waals surface area contributed by atoms with Gasteiger partial charge in [-0.25, -0.2) is 0 Å². The van der Waals surface area contributed by atoms with Crippen LogP contribution >= 0.6 is 0 Å². The Morgan fingerprint density at radius 2 is 2.13 bits per heavy atom. The number of hydrogen-bond acceptors (Lipinski definition) is 8. The van der Waals surface area contributed by atoms with Gasteiger partial charge in [0, 0.05) is 18.7 Å². The smallest absolute Gasteiger partial charge is 0.322 e. The minimum atomic E-state index is -0.154. The molecule has 1 fully saturated rings. The molecule has 0 spiro atoms. The van der Waals surface area contributed by atoms with Crippen LogP contribution in [-0.2, 0) is 4.74 Å². The molecule has 4 rings (SSSR count). The summed E-state index contributed by atoms with van der Waals surface area (Å²) in [5.74, 6) is 1.65. The Morgan fingerprint density at radius 1 is 1.26 bits per heavy atom. The number of anilines is 1. The predicted molar refractivity (Wildman–Crippen MR) is 118 cm³/mol. The summed E-state index contributed by atoms with van der Waals surface area (Å²) in [6.07, 6.45) is 1.69. The predicted octanol–water partition coefficient (Wildman–Crippen LogP) is 2.80. The molecule has 166 valence electrons. The molecule has 0 aliphatic carbocycles. The molecule has 2 aromatic heterocycles. The Labute approximate surface area is 182 Å². The number of methoxy groups -OCH3 is 1. The monoisotopic (exact) mass is 426 g/mol. The lowest BCUT2D eigenvalue weighted by Crippen LogP contribution is -2.32. The standard InChI is InChI=1S/C22H30N6O3/c1-14(2)19-12-24-28-20(19)26-22(31-18-11-23-8-9-30-13-18)27-21(28)25-15(3)16-6-5-7-17(10-16)29-4/h5-7,10,12,14-15,18,23H,8-9,11,13H2,1-4H3,(H,25,26,27). The molecule has 2 N–H and O–H groups in total. The van der Waals surface area contributed by atoms with E-state index in [1.807, 2.05) is 30.5 Å². The summed E-state index contributed by atoms with van der Waals surface area (Å²) >= 11 is 0. The van der Waals surface area contributed by atoms with E-state index in [-0.39, 0.29) is 18.1 Å². The molecule has 3 heterocycles. The molecule has 0 bridgehead atoms. The fourth-order valence-corrected chi connectivity index (χ4v) is 3.52. The number of fused-ring (bicyclic) bond motifs is 1. The fraction of sp³-hybridized carbons (Fsp3) is 0.500. The second-order valence-corrected chi connectivity index (χ2v) is 7.98. The van der Waals surface area contributed by atoms with Crippen molar-refractivity contribution in [2.45, 2.75) is 38.8 Å². The van der Waals surface area contributed by atoms with E-state index in [9.17, 15) is 0 Å². The number of nitrogens with zero attached hydrogens (tertiary/aromatic N) is 4. The van der Waals surface area contributed by atoms with Crippen molar-refractivity contribution in [3.8, 4) is 11.8 Å². The summed E-state index contributed by atoms with van der Waals surface area (Å²) in [6, 6.07) is 8.23. The Morgan fingerprint density at radius 3 is 2.94 bits per heavy atom. The van der Waals surface area contributed by atoms with Gasteiger partial charge in [0.1, 0.15) is 11.9 Å². The first-order valence-corrected chi connectivity index (χ1v) is 10.7. The van der Waals surface area contributed by atoms with Gasteiger partial charge >= 0.3 is 6.01 Å². The van der Waals surface area contributed by atoms with Crippen LogP contribution in [0.2, 0.25) is 0 Å². The van der Waals surface area contributed by atoms with Crippen LogP contribution in [0.4, 0.5) is 5.95 Å². The summed E-state index contributed by atoms with van der Waals surface area (Å²) in [5, 5.41) is 11.3. The average molecular weight is 427 g/mol. The number of benzene rings is 1. The normalized spacial score (nSPS) is 18.0. The molecule has 1 aliphatic heterocycles. The maximum atomic E-state index is 6.10. The molecular formula is C22H30N6O3. The van der Waals surface area contributed by atoms with Crippen LogP contribution in [0.15, 0.2) is 30.5 Å². The van der Waals surface area contributed by atoms with E-state index in [1.54, 1.807) is 11.6 Å². The van der Waals surface area contributed by atoms with Crippen LogP contribution in [-0.4, -0.2) is 59.1 Å². The topological polar surface area (TPSA) is 94.8 Å². The van der Waals surface area contributed by atoms with Crippen LogP contribution in [0, 0.1) is 0 Å². The first kappa shape index (κ1) is 21.3. The van der Waals surface area contributed by atoms with Gasteiger partial charge in [0.05, 0.1) is 32.6 Å². The van der Waals surface area contributed by atoms with Gasteiger partial charge in [0.2, 0.25) is 5.95 Å². The lowest BCUT2D eigenvalue weighted by atomic mass is 10.1. The Hall–Kier alpha value is -2.91. The molecule has 0 radical (unpaired) electrons. The molecule has 1 saturated heterocycles. The maximum absolute atomic E-state index is 6.10. The molecule has 0 amide bonds. The van der Waals surface area contributed by atoms with Crippen LogP contribution in [0.1, 0.15) is 43.9 Å². The molecule has 2 atom stereocenters. The second-order valence-electron chi connectivity index (χ2n) is 7.98. The lowest BCUT2D eigenvalue weighted by Gasteiger charge is -2.19. The van der Waals surface area contributed by atoms with Crippen molar-refractivity contribution in [3.05, 3.63) is 41.6 Å². The van der Waals surface area contributed by atoms with Crippen molar-refractivity contribution in [2.24, 2.45) is 0 Å². The van der Waals surface area contributed by atoms with Gasteiger partial charge in [-0.15, -0.1) is 0 Å². The third-order valence-electron chi connectivity index (χ3n) is 5.31. The molecule has 2 unspecified atom stereocenters. The number of nitrogens with one attached hydrogen (secondary N) is 2. The van der Waals surface area contributed by atoms with Gasteiger partial charge < -0.3 is 24.8 Å². The Balaban J connectivity index is 1.66. The van der Waals surface area contributed by atoms with E-state index in [1.165, 1.54) is 0 Å². The van der Waals surface area contributed by atoms with E-state index in [2.05, 4.69) is 46.5 Å². The van der Waals surface area contributed by atoms with Gasteiger partial charge in [-0.05, 0) is 30.5 Å². The van der Waals surface area contributed by atoms with E-state index in [0.717, 1.165) is 29.1 Å². The molecule has 9 heteroatoms. The molecule has 1 aromatic carbocycles. The fourth-order valence-electron chi connectivity index (χ4n) is 3.52. The van der Waals surface area contributed by atoms with Crippen molar-refractivity contribution in [3.63, 3.8) is 0 Å². The maximum Gasteiger partial charge on any atom is 0.322 e. The van der Waals surface area contributed by atoms with Gasteiger partial charge in [0.15, 0.2) is 5.65 Å². The molecule has 0 saturated carbocycles. The van der Waals surface area contributed by atoms with Crippen LogP contribution in [0.5, 0.6) is 11.8 Å². The van der Waals surface area contributed by atoms with Crippen molar-refractivity contribution >= 4 is 11.6 Å². The van der Waals surface area contributed by atoms with Crippen molar-refractivity contribution in [1.29, 1.82) is 0 Å². The summed E-state index contributed by atoms with van der Waals surface area (Å²) < 4.78 is 18.8. The number of hydrogen-bond donors (Lipinski definition) is 2. The second kappa shape index (κ2) is 9.49. The molecular weight excluding hydrogens is 396 g/mol. The first-order valence-electron chi connectivity index (χ1n) is 10.7. The van der Waals surface area contributed by atoms with Crippen LogP contribution in [0.3, 0.4) is 0 Å². The van der Waals surface area contributed by atoms with Crippen molar-refractivity contribution < 1.29 is 14.2 Å². The Bertz CT molecular complexity index is 1010. The molecule has 3 aromatic rings. The lowest BCUT2D eigenvalue weighted by molar-refractivity contribution is 0.0677. The summed E-state index contributed by atoms with van der Waals surface area (Å²) in [7, 11) is 1.66. The molecule has 31 heavy (non-hydrogen) atoms. The third-order valence-corrected chi connectivity index (χ3v) is 5.31. The quantitative estimate of drug-likeness (QED) is 0.596. The minimum absolute atomic E-state index is 0.0318. The van der Waals surface area contributed by atoms with Gasteiger partial charge in [-0.3, -0.25) is 0 Å². The van der Waals surface area contributed by atoms with E-state index >= 15 is 0 Å². The van der Waals surface area contributed by atoms with Crippen LogP contribution in [0.25, 0.3) is 5.65 Å². The first-order chi connectivity index (χ1) is 15.0. The highest BCUT2D eigenvalue weighted by Crippen LogP contribution is 2.26. The minimum Gasteiger partial charge on any atom is -0.497 e. The highest BCUT2D eigenvalue weighted by molar-refractivity contribution is 5.53. The summed E-state index contributed by atoms with van der Waals surface area (Å²) in [6.45, 7) is 8.98. The zero-order valence-corrected chi connectivity index (χ0v) is 18.5. The zero-order chi connectivity index (χ0) is 21.8. The highest BCUT2D eigenvalue weighted by atomic mass is 16.5. The van der Waals surface area contributed by atoms with Crippen molar-refractivity contribution in [2.75, 3.05) is 38.7 Å². The molecule has 1 aliphatic rings. The van der Waals surface area contributed by atoms with Gasteiger partial charge in [-0.1, -0.05) is 26.0 Å². The van der Waals surface area contributed by atoms with Crippen molar-refractivity contribution in [1.82, 2.24) is 24.9 Å². The number of aromatic nitrogens is 4. The third kappa shape index (κ3) is 4.88. The largest absolute Gasteiger partial charge is 0.497 e. The Kier molecular flexibility index (Phi) is 6.53. The zero-order valence-electron chi connectivity index (χ0n) is 18.5. The van der Waals surface area contributed by atoms with Gasteiger partial charge in [0.25, 0.3) is 0 Å². The summed E-state index contributed by atoms with van der Waals surface area (Å²) in [5.41, 5.74) is 2.86. The molecule has 9 nitrogen and oxygen atoms in total. The van der Waals surface area contributed by atoms with Crippen LogP contribution < -0.4 is 20.1 Å². The van der Waals surface area contributed by atoms with Gasteiger partial charge in [-0.2, -0.15) is 19.6 Å². The SMILES string of the molecule is COc1cccc(C(C)Nc2nc(OC3CNCCOC3)nc3c(C(C)C)cnn23)c1. The van der Waals surface area contributed by atoms with E-state index in [4.69, 9.17) is 14.2 Å². The summed E-state index contributed by atoms with van der Waals surface area (Å²) in [4.78, 5) is 9.32. The van der Waals surface area contributed by atoms with E-state index < -0.39 is 0 Å². The highest BCUT2D eigenvalue weighted by Gasteiger charge is 2.21. The average Bonchev–Trinajstić information content (AvgIpc) is 3.04. The number of rotatable bonds is 7.